The van der Waals surface area contributed by atoms with E-state index in [0.29, 0.717) is 17.3 Å². The van der Waals surface area contributed by atoms with Gasteiger partial charge in [-0.1, -0.05) is 0 Å². The summed E-state index contributed by atoms with van der Waals surface area (Å²) in [5, 5.41) is 21.0. The molecule has 0 saturated heterocycles. The first-order valence-corrected chi connectivity index (χ1v) is 8.00. The minimum Gasteiger partial charge on any atom is -0.491 e. The van der Waals surface area contributed by atoms with E-state index in [0.717, 1.165) is 5.56 Å². The van der Waals surface area contributed by atoms with E-state index in [1.165, 1.54) is 36.4 Å². The van der Waals surface area contributed by atoms with Crippen LogP contribution in [0.25, 0.3) is 11.3 Å². The van der Waals surface area contributed by atoms with E-state index in [-0.39, 0.29) is 24.8 Å². The van der Waals surface area contributed by atoms with Crippen LogP contribution in [0, 0.1) is 11.6 Å². The van der Waals surface area contributed by atoms with Crippen molar-refractivity contribution in [2.75, 3.05) is 18.5 Å². The fourth-order valence-corrected chi connectivity index (χ4v) is 2.21. The molecule has 134 valence electrons. The minimum absolute atomic E-state index is 0.0553. The largest absolute Gasteiger partial charge is 0.491 e. The van der Waals surface area contributed by atoms with Crippen molar-refractivity contribution in [3.05, 3.63) is 72.3 Å². The zero-order valence-electron chi connectivity index (χ0n) is 13.8. The van der Waals surface area contributed by atoms with Crippen molar-refractivity contribution < 1.29 is 18.6 Å². The van der Waals surface area contributed by atoms with Gasteiger partial charge in [0.05, 0.1) is 5.69 Å². The third kappa shape index (κ3) is 4.97. The maximum absolute atomic E-state index is 12.9. The SMILES string of the molecule is OC(CNc1ccc(-c2ccc(F)cc2)nn1)COc1ccc(F)cc1. The first-order chi connectivity index (χ1) is 12.6. The Morgan fingerprint density at radius 2 is 1.54 bits per heavy atom. The van der Waals surface area contributed by atoms with Crippen molar-refractivity contribution in [1.29, 1.82) is 0 Å². The summed E-state index contributed by atoms with van der Waals surface area (Å²) >= 11 is 0. The highest BCUT2D eigenvalue weighted by atomic mass is 19.1. The van der Waals surface area contributed by atoms with Gasteiger partial charge in [0.25, 0.3) is 0 Å². The lowest BCUT2D eigenvalue weighted by molar-refractivity contribution is 0.117. The molecule has 0 spiro atoms. The Balaban J connectivity index is 1.48. The van der Waals surface area contributed by atoms with Gasteiger partial charge in [0.15, 0.2) is 0 Å². The number of ether oxygens (including phenoxy) is 1. The lowest BCUT2D eigenvalue weighted by Gasteiger charge is -2.13. The predicted octanol–water partition coefficient (Wildman–Crippen LogP) is 3.27. The fraction of sp³-hybridized carbons (Fsp3) is 0.158. The molecule has 0 amide bonds. The van der Waals surface area contributed by atoms with E-state index in [1.807, 2.05) is 0 Å². The van der Waals surface area contributed by atoms with Crippen molar-refractivity contribution >= 4 is 5.82 Å². The number of halogens is 2. The molecule has 26 heavy (non-hydrogen) atoms. The molecule has 2 N–H and O–H groups in total. The zero-order chi connectivity index (χ0) is 18.4. The van der Waals surface area contributed by atoms with Crippen LogP contribution in [0.5, 0.6) is 5.75 Å². The number of benzene rings is 2. The van der Waals surface area contributed by atoms with E-state index in [9.17, 15) is 13.9 Å². The van der Waals surface area contributed by atoms with Crippen molar-refractivity contribution in [1.82, 2.24) is 10.2 Å². The topological polar surface area (TPSA) is 67.3 Å². The van der Waals surface area contributed by atoms with E-state index < -0.39 is 6.10 Å². The number of aromatic nitrogens is 2. The number of nitrogens with one attached hydrogen (secondary N) is 1. The summed E-state index contributed by atoms with van der Waals surface area (Å²) in [6.07, 6.45) is -0.779. The highest BCUT2D eigenvalue weighted by Gasteiger charge is 2.07. The van der Waals surface area contributed by atoms with Crippen LogP contribution >= 0.6 is 0 Å². The molecule has 2 aromatic carbocycles. The molecule has 5 nitrogen and oxygen atoms in total. The number of rotatable bonds is 7. The predicted molar refractivity (Wildman–Crippen MR) is 93.8 cm³/mol. The highest BCUT2D eigenvalue weighted by Crippen LogP contribution is 2.17. The standard InChI is InChI=1S/C19H17F2N3O2/c20-14-3-1-13(2-4-14)18-9-10-19(24-23-18)22-11-16(25)12-26-17-7-5-15(21)6-8-17/h1-10,16,25H,11-12H2,(H,22,24). The van der Waals surface area contributed by atoms with Crippen LogP contribution in [0.15, 0.2) is 60.7 Å². The van der Waals surface area contributed by atoms with Crippen molar-refractivity contribution in [2.45, 2.75) is 6.10 Å². The third-order valence-corrected chi connectivity index (χ3v) is 3.58. The Morgan fingerprint density at radius 3 is 2.15 bits per heavy atom. The molecule has 1 aromatic heterocycles. The van der Waals surface area contributed by atoms with Gasteiger partial charge < -0.3 is 15.2 Å². The highest BCUT2D eigenvalue weighted by molar-refractivity contribution is 5.59. The smallest absolute Gasteiger partial charge is 0.148 e. The second-order valence-corrected chi connectivity index (χ2v) is 5.61. The summed E-state index contributed by atoms with van der Waals surface area (Å²) in [6, 6.07) is 15.0. The van der Waals surface area contributed by atoms with E-state index in [2.05, 4.69) is 15.5 Å². The molecular formula is C19H17F2N3O2. The van der Waals surface area contributed by atoms with Gasteiger partial charge in [-0.2, -0.15) is 0 Å². The number of hydrogen-bond acceptors (Lipinski definition) is 5. The minimum atomic E-state index is -0.779. The molecule has 0 aliphatic rings. The maximum Gasteiger partial charge on any atom is 0.148 e. The van der Waals surface area contributed by atoms with Crippen LogP contribution in [0.4, 0.5) is 14.6 Å². The Morgan fingerprint density at radius 1 is 0.885 bits per heavy atom. The van der Waals surface area contributed by atoms with Crippen LogP contribution in [0.1, 0.15) is 0 Å². The molecule has 0 saturated carbocycles. The number of nitrogens with zero attached hydrogens (tertiary/aromatic N) is 2. The van der Waals surface area contributed by atoms with Gasteiger partial charge in [0, 0.05) is 12.1 Å². The van der Waals surface area contributed by atoms with E-state index in [4.69, 9.17) is 4.74 Å². The van der Waals surface area contributed by atoms with Gasteiger partial charge in [-0.15, -0.1) is 10.2 Å². The van der Waals surface area contributed by atoms with Crippen molar-refractivity contribution in [2.24, 2.45) is 0 Å². The van der Waals surface area contributed by atoms with Crippen LogP contribution < -0.4 is 10.1 Å². The summed E-state index contributed by atoms with van der Waals surface area (Å²) in [6.45, 7) is 0.269. The average Bonchev–Trinajstić information content (AvgIpc) is 2.67. The number of aliphatic hydroxyl groups is 1. The Hall–Kier alpha value is -3.06. The molecule has 3 aromatic rings. The van der Waals surface area contributed by atoms with Gasteiger partial charge in [-0.25, -0.2) is 8.78 Å². The summed E-state index contributed by atoms with van der Waals surface area (Å²) < 4.78 is 31.1. The molecule has 0 aliphatic heterocycles. The van der Waals surface area contributed by atoms with Crippen molar-refractivity contribution in [3.63, 3.8) is 0 Å². The van der Waals surface area contributed by atoms with E-state index in [1.54, 1.807) is 24.3 Å². The van der Waals surface area contributed by atoms with Crippen LogP contribution in [0.2, 0.25) is 0 Å². The van der Waals surface area contributed by atoms with Crippen LogP contribution in [-0.2, 0) is 0 Å². The van der Waals surface area contributed by atoms with Gasteiger partial charge in [-0.05, 0) is 60.7 Å². The fourth-order valence-electron chi connectivity index (χ4n) is 2.21. The van der Waals surface area contributed by atoms with Gasteiger partial charge in [0.2, 0.25) is 0 Å². The molecule has 1 atom stereocenters. The normalized spacial score (nSPS) is 11.8. The Kier molecular flexibility index (Phi) is 5.70. The quantitative estimate of drug-likeness (QED) is 0.679. The number of anilines is 1. The summed E-state index contributed by atoms with van der Waals surface area (Å²) in [4.78, 5) is 0. The number of hydrogen-bond donors (Lipinski definition) is 2. The van der Waals surface area contributed by atoms with Gasteiger partial charge in [0.1, 0.15) is 35.9 Å². The molecule has 3 rings (SSSR count). The maximum atomic E-state index is 12.9. The van der Waals surface area contributed by atoms with Gasteiger partial charge in [-0.3, -0.25) is 0 Å². The molecule has 1 heterocycles. The first-order valence-electron chi connectivity index (χ1n) is 8.00. The summed E-state index contributed by atoms with van der Waals surface area (Å²) in [5.41, 5.74) is 1.38. The monoisotopic (exact) mass is 357 g/mol. The lowest BCUT2D eigenvalue weighted by atomic mass is 10.1. The van der Waals surface area contributed by atoms with Crippen LogP contribution in [0.3, 0.4) is 0 Å². The lowest BCUT2D eigenvalue weighted by Crippen LogP contribution is -2.26. The van der Waals surface area contributed by atoms with Crippen LogP contribution in [-0.4, -0.2) is 34.6 Å². The first kappa shape index (κ1) is 17.8. The molecule has 0 fully saturated rings. The Labute approximate surface area is 149 Å². The summed E-state index contributed by atoms with van der Waals surface area (Å²) in [7, 11) is 0. The molecule has 1 unspecified atom stereocenters. The van der Waals surface area contributed by atoms with Gasteiger partial charge >= 0.3 is 0 Å². The Bertz CT molecular complexity index is 825. The molecule has 0 bridgehead atoms. The number of aliphatic hydroxyl groups excluding tert-OH is 1. The molecule has 0 radical (unpaired) electrons. The van der Waals surface area contributed by atoms with Crippen molar-refractivity contribution in [3.8, 4) is 17.0 Å². The third-order valence-electron chi connectivity index (χ3n) is 3.58. The molecule has 7 heteroatoms. The molecule has 0 aliphatic carbocycles. The zero-order valence-corrected chi connectivity index (χ0v) is 13.8. The second kappa shape index (κ2) is 8.35. The second-order valence-electron chi connectivity index (χ2n) is 5.61. The van der Waals surface area contributed by atoms with E-state index >= 15 is 0 Å². The molecular weight excluding hydrogens is 340 g/mol. The average molecular weight is 357 g/mol. The summed E-state index contributed by atoms with van der Waals surface area (Å²) in [5.74, 6) is 0.324.